The van der Waals surface area contributed by atoms with Gasteiger partial charge in [0.05, 0.1) is 34.9 Å². The van der Waals surface area contributed by atoms with Crippen LogP contribution in [0.3, 0.4) is 0 Å². The number of likely N-dealkylation sites (tertiary alicyclic amines) is 1. The maximum atomic E-state index is 13.3. The molecule has 9 heteroatoms. The normalized spacial score (nSPS) is 19.3. The van der Waals surface area contributed by atoms with Crippen LogP contribution in [0.5, 0.6) is 5.75 Å². The number of halogens is 2. The number of ether oxygens (including phenoxy) is 2. The Morgan fingerprint density at radius 3 is 2.42 bits per heavy atom. The number of rotatable bonds is 8. The molecule has 2 fully saturated rings. The van der Waals surface area contributed by atoms with Crippen LogP contribution in [0, 0.1) is 6.92 Å². The van der Waals surface area contributed by atoms with Gasteiger partial charge in [-0.3, -0.25) is 14.5 Å². The second-order valence-corrected chi connectivity index (χ2v) is 10.7. The molecule has 2 saturated heterocycles. The number of nitrogens with zero attached hydrogens (tertiary/aromatic N) is 2. The molecule has 5 rings (SSSR count). The number of carbonyl (C=O) groups is 2. The van der Waals surface area contributed by atoms with E-state index >= 15 is 0 Å². The number of Topliss-reactive ketones (excluding diaryl/α,β-unsaturated/α-hetero) is 1. The van der Waals surface area contributed by atoms with Gasteiger partial charge in [-0.05, 0) is 54.4 Å². The highest BCUT2D eigenvalue weighted by molar-refractivity contribution is 6.46. The van der Waals surface area contributed by atoms with Crippen LogP contribution in [-0.4, -0.2) is 66.0 Å². The average Bonchev–Trinajstić information content (AvgIpc) is 3.22. The van der Waals surface area contributed by atoms with Crippen molar-refractivity contribution < 1.29 is 24.2 Å². The molecule has 0 aliphatic carbocycles. The molecule has 2 heterocycles. The smallest absolute Gasteiger partial charge is 0.295 e. The lowest BCUT2D eigenvalue weighted by atomic mass is 9.95. The molecule has 1 unspecified atom stereocenters. The number of hydrogen-bond acceptors (Lipinski definition) is 6. The Labute approximate surface area is 243 Å². The van der Waals surface area contributed by atoms with Gasteiger partial charge in [0.2, 0.25) is 0 Å². The monoisotopic (exact) mass is 580 g/mol. The van der Waals surface area contributed by atoms with Crippen LogP contribution < -0.4 is 4.74 Å². The fourth-order valence-electron chi connectivity index (χ4n) is 5.05. The van der Waals surface area contributed by atoms with Crippen LogP contribution in [0.2, 0.25) is 10.0 Å². The predicted octanol–water partition coefficient (Wildman–Crippen LogP) is 5.63. The summed E-state index contributed by atoms with van der Waals surface area (Å²) >= 11 is 12.5. The lowest BCUT2D eigenvalue weighted by Crippen LogP contribution is -2.42. The summed E-state index contributed by atoms with van der Waals surface area (Å²) in [5.74, 6) is -1.04. The highest BCUT2D eigenvalue weighted by Crippen LogP contribution is 2.41. The molecular formula is C31H30Cl2N2O5. The lowest BCUT2D eigenvalue weighted by Gasteiger charge is -2.31. The molecule has 0 radical (unpaired) electrons. The van der Waals surface area contributed by atoms with Crippen molar-refractivity contribution in [1.82, 2.24) is 9.80 Å². The first-order valence-corrected chi connectivity index (χ1v) is 13.9. The number of amides is 1. The maximum Gasteiger partial charge on any atom is 0.295 e. The Hall–Kier alpha value is -3.36. The summed E-state index contributed by atoms with van der Waals surface area (Å²) in [7, 11) is 0. The Balaban J connectivity index is 1.43. The molecule has 3 aromatic rings. The first kappa shape index (κ1) is 28.2. The molecule has 2 aliphatic heterocycles. The molecule has 1 N–H and O–H groups in total. The van der Waals surface area contributed by atoms with Crippen molar-refractivity contribution in [3.8, 4) is 5.75 Å². The largest absolute Gasteiger partial charge is 0.507 e. The zero-order valence-corrected chi connectivity index (χ0v) is 23.6. The van der Waals surface area contributed by atoms with E-state index in [0.29, 0.717) is 59.8 Å². The minimum absolute atomic E-state index is 0.0128. The molecule has 0 saturated carbocycles. The van der Waals surface area contributed by atoms with E-state index in [0.717, 1.165) is 24.2 Å². The number of carbonyl (C=O) groups excluding carboxylic acids is 2. The van der Waals surface area contributed by atoms with Gasteiger partial charge in [0.15, 0.2) is 0 Å². The third kappa shape index (κ3) is 6.18. The highest BCUT2D eigenvalue weighted by atomic mass is 35.5. The molecular weight excluding hydrogens is 551 g/mol. The van der Waals surface area contributed by atoms with Crippen LogP contribution in [0.25, 0.3) is 5.76 Å². The van der Waals surface area contributed by atoms with E-state index in [2.05, 4.69) is 11.0 Å². The van der Waals surface area contributed by atoms with Gasteiger partial charge in [-0.25, -0.2) is 0 Å². The molecule has 3 aromatic carbocycles. The Bertz CT molecular complexity index is 1430. The fourth-order valence-corrected chi connectivity index (χ4v) is 5.35. The zero-order valence-electron chi connectivity index (χ0n) is 22.1. The standard InChI is InChI=1S/C31H30Cl2N2O5/c1-20-3-2-4-21(17-20)19-40-24-8-5-22(6-9-24)29(36)27-28(23-7-10-25(32)26(33)18-23)35(31(38)30(27)37)12-11-34-13-15-39-16-14-34/h2-10,17-18,28,36H,11-16,19H2,1H3. The summed E-state index contributed by atoms with van der Waals surface area (Å²) < 4.78 is 11.3. The first-order chi connectivity index (χ1) is 19.3. The molecule has 40 heavy (non-hydrogen) atoms. The molecule has 2 aliphatic rings. The van der Waals surface area contributed by atoms with Gasteiger partial charge in [-0.1, -0.05) is 59.1 Å². The van der Waals surface area contributed by atoms with E-state index in [9.17, 15) is 14.7 Å². The topological polar surface area (TPSA) is 79.3 Å². The van der Waals surface area contributed by atoms with E-state index in [1.54, 1.807) is 42.5 Å². The van der Waals surface area contributed by atoms with Crippen molar-refractivity contribution in [3.63, 3.8) is 0 Å². The minimum atomic E-state index is -0.812. The van der Waals surface area contributed by atoms with Crippen LogP contribution in [0.15, 0.2) is 72.3 Å². The average molecular weight is 581 g/mol. The number of aliphatic hydroxyl groups is 1. The van der Waals surface area contributed by atoms with E-state index < -0.39 is 17.7 Å². The maximum absolute atomic E-state index is 13.3. The van der Waals surface area contributed by atoms with Crippen molar-refractivity contribution in [2.75, 3.05) is 39.4 Å². The van der Waals surface area contributed by atoms with Crippen molar-refractivity contribution in [1.29, 1.82) is 0 Å². The summed E-state index contributed by atoms with van der Waals surface area (Å²) in [5.41, 5.74) is 3.21. The molecule has 1 amide bonds. The summed E-state index contributed by atoms with van der Waals surface area (Å²) in [6, 6.07) is 19.0. The Morgan fingerprint density at radius 2 is 1.73 bits per heavy atom. The van der Waals surface area contributed by atoms with Gasteiger partial charge in [-0.15, -0.1) is 0 Å². The summed E-state index contributed by atoms with van der Waals surface area (Å²) in [6.45, 7) is 6.05. The number of benzene rings is 3. The second kappa shape index (κ2) is 12.4. The predicted molar refractivity (Wildman–Crippen MR) is 155 cm³/mol. The molecule has 7 nitrogen and oxygen atoms in total. The quantitative estimate of drug-likeness (QED) is 0.211. The van der Waals surface area contributed by atoms with Gasteiger partial charge in [0.1, 0.15) is 18.1 Å². The van der Waals surface area contributed by atoms with Gasteiger partial charge >= 0.3 is 0 Å². The van der Waals surface area contributed by atoms with E-state index in [-0.39, 0.29) is 11.3 Å². The van der Waals surface area contributed by atoms with E-state index in [1.165, 1.54) is 4.90 Å². The molecule has 208 valence electrons. The van der Waals surface area contributed by atoms with Crippen LogP contribution in [-0.2, 0) is 20.9 Å². The summed E-state index contributed by atoms with van der Waals surface area (Å²) in [6.07, 6.45) is 0. The number of morpholine rings is 1. The van der Waals surface area contributed by atoms with Crippen molar-refractivity contribution in [2.45, 2.75) is 19.6 Å². The Morgan fingerprint density at radius 1 is 0.975 bits per heavy atom. The van der Waals surface area contributed by atoms with Crippen molar-refractivity contribution >= 4 is 40.7 Å². The number of ketones is 1. The lowest BCUT2D eigenvalue weighted by molar-refractivity contribution is -0.140. The fraction of sp³-hybridized carbons (Fsp3) is 0.290. The summed E-state index contributed by atoms with van der Waals surface area (Å²) in [5, 5.41) is 12.0. The molecule has 0 aromatic heterocycles. The zero-order chi connectivity index (χ0) is 28.2. The second-order valence-electron chi connectivity index (χ2n) is 9.92. The van der Waals surface area contributed by atoms with E-state index in [4.69, 9.17) is 32.7 Å². The van der Waals surface area contributed by atoms with Crippen molar-refractivity contribution in [3.05, 3.63) is 105 Å². The van der Waals surface area contributed by atoms with Crippen molar-refractivity contribution in [2.24, 2.45) is 0 Å². The minimum Gasteiger partial charge on any atom is -0.507 e. The number of aliphatic hydroxyl groups excluding tert-OH is 1. The number of hydrogen-bond donors (Lipinski definition) is 1. The van der Waals surface area contributed by atoms with Crippen LogP contribution in [0.1, 0.15) is 28.3 Å². The first-order valence-electron chi connectivity index (χ1n) is 13.1. The number of aryl methyl sites for hydroxylation is 1. The van der Waals surface area contributed by atoms with Gasteiger partial charge < -0.3 is 19.5 Å². The molecule has 0 spiro atoms. The van der Waals surface area contributed by atoms with Crippen LogP contribution in [0.4, 0.5) is 0 Å². The third-order valence-electron chi connectivity index (χ3n) is 7.18. The molecule has 1 atom stereocenters. The van der Waals surface area contributed by atoms with Gasteiger partial charge in [0.25, 0.3) is 11.7 Å². The highest BCUT2D eigenvalue weighted by Gasteiger charge is 2.46. The third-order valence-corrected chi connectivity index (χ3v) is 7.91. The summed E-state index contributed by atoms with van der Waals surface area (Å²) in [4.78, 5) is 30.3. The van der Waals surface area contributed by atoms with Crippen LogP contribution >= 0.6 is 23.2 Å². The van der Waals surface area contributed by atoms with Gasteiger partial charge in [-0.2, -0.15) is 0 Å². The van der Waals surface area contributed by atoms with E-state index in [1.807, 2.05) is 25.1 Å². The Kier molecular flexibility index (Phi) is 8.76. The molecule has 0 bridgehead atoms. The van der Waals surface area contributed by atoms with Gasteiger partial charge in [0, 0.05) is 31.7 Å². The SMILES string of the molecule is Cc1cccc(COc2ccc(C(O)=C3C(=O)C(=O)N(CCN4CCOCC4)C3c3ccc(Cl)c(Cl)c3)cc2)c1.